The van der Waals surface area contributed by atoms with E-state index in [0.717, 1.165) is 34.1 Å². The number of nitrogens with zero attached hydrogens (tertiary/aromatic N) is 3. The Balaban J connectivity index is 1.45. The molecule has 4 aromatic rings. The third-order valence-corrected chi connectivity index (χ3v) is 5.08. The lowest BCUT2D eigenvalue weighted by Gasteiger charge is -2.18. The molecule has 1 aliphatic heterocycles. The summed E-state index contributed by atoms with van der Waals surface area (Å²) in [5, 5.41) is 5.19. The molecule has 0 atom stereocenters. The molecular formula is C21H18N4O. The largest absolute Gasteiger partial charge is 0.351 e. The Morgan fingerprint density at radius 2 is 2.04 bits per heavy atom. The minimum atomic E-state index is -0.0951. The van der Waals surface area contributed by atoms with E-state index >= 15 is 0 Å². The summed E-state index contributed by atoms with van der Waals surface area (Å²) in [5.74, 6) is 0. The van der Waals surface area contributed by atoms with E-state index in [9.17, 15) is 4.79 Å². The van der Waals surface area contributed by atoms with E-state index in [1.165, 1.54) is 11.1 Å². The molecule has 5 heteroatoms. The van der Waals surface area contributed by atoms with E-state index < -0.39 is 0 Å². The summed E-state index contributed by atoms with van der Waals surface area (Å²) in [5.41, 5.74) is 5.13. The second kappa shape index (κ2) is 5.59. The van der Waals surface area contributed by atoms with Crippen molar-refractivity contribution in [2.45, 2.75) is 6.42 Å². The van der Waals surface area contributed by atoms with Gasteiger partial charge in [0.2, 0.25) is 0 Å². The zero-order valence-electron chi connectivity index (χ0n) is 14.4. The maximum atomic E-state index is 12.8. The summed E-state index contributed by atoms with van der Waals surface area (Å²) in [7, 11) is 2.04. The van der Waals surface area contributed by atoms with Gasteiger partial charge in [0.15, 0.2) is 0 Å². The van der Waals surface area contributed by atoms with Gasteiger partial charge in [-0.3, -0.25) is 9.88 Å². The lowest BCUT2D eigenvalue weighted by Crippen LogP contribution is -2.33. The molecule has 0 radical (unpaired) electrons. The number of fused-ring (bicyclic) bond motifs is 3. The van der Waals surface area contributed by atoms with Crippen molar-refractivity contribution in [2.24, 2.45) is 7.05 Å². The number of hydrogen-bond acceptors (Lipinski definition) is 2. The van der Waals surface area contributed by atoms with Crippen LogP contribution in [0.5, 0.6) is 0 Å². The molecule has 0 saturated heterocycles. The number of urea groups is 1. The Hall–Kier alpha value is -3.34. The van der Waals surface area contributed by atoms with Gasteiger partial charge in [0.1, 0.15) is 0 Å². The number of anilines is 2. The topological polar surface area (TPSA) is 50.2 Å². The van der Waals surface area contributed by atoms with Gasteiger partial charge in [-0.2, -0.15) is 0 Å². The molecule has 0 saturated carbocycles. The van der Waals surface area contributed by atoms with Gasteiger partial charge in [0, 0.05) is 53.7 Å². The molecule has 1 aliphatic rings. The van der Waals surface area contributed by atoms with Gasteiger partial charge in [-0.1, -0.05) is 6.07 Å². The molecular weight excluding hydrogens is 324 g/mol. The van der Waals surface area contributed by atoms with E-state index in [2.05, 4.69) is 33.1 Å². The van der Waals surface area contributed by atoms with Gasteiger partial charge in [0.25, 0.3) is 0 Å². The van der Waals surface area contributed by atoms with Crippen LogP contribution in [0.15, 0.2) is 60.9 Å². The number of amides is 2. The summed E-state index contributed by atoms with van der Waals surface area (Å²) in [4.78, 5) is 19.0. The standard InChI is InChI=1S/C21H18N4O/c1-24-9-6-15-13-20-16(12-19(15)24)7-10-25(20)21(26)23-17-4-5-18-14(11-17)3-2-8-22-18/h2-6,8-9,11-13H,7,10H2,1H3,(H,23,26). The molecule has 3 heterocycles. The second-order valence-electron chi connectivity index (χ2n) is 6.71. The number of aromatic nitrogens is 2. The number of carbonyl (C=O) groups is 1. The zero-order chi connectivity index (χ0) is 17.7. The Morgan fingerprint density at radius 1 is 1.12 bits per heavy atom. The minimum Gasteiger partial charge on any atom is -0.351 e. The van der Waals surface area contributed by atoms with Gasteiger partial charge in [0.05, 0.1) is 5.52 Å². The Morgan fingerprint density at radius 3 is 2.96 bits per heavy atom. The van der Waals surface area contributed by atoms with Crippen LogP contribution in [0.4, 0.5) is 16.2 Å². The fourth-order valence-corrected chi connectivity index (χ4v) is 3.71. The van der Waals surface area contributed by atoms with Gasteiger partial charge in [-0.05, 0) is 54.4 Å². The number of benzene rings is 2. The SMILES string of the molecule is Cn1ccc2cc3c(cc21)CCN3C(=O)Nc1ccc2ncccc2c1. The summed E-state index contributed by atoms with van der Waals surface area (Å²) >= 11 is 0. The average molecular weight is 342 g/mol. The van der Waals surface area contributed by atoms with E-state index in [1.54, 1.807) is 6.20 Å². The van der Waals surface area contributed by atoms with Gasteiger partial charge < -0.3 is 9.88 Å². The smallest absolute Gasteiger partial charge is 0.326 e. The quantitative estimate of drug-likeness (QED) is 0.560. The third kappa shape index (κ3) is 2.32. The maximum Gasteiger partial charge on any atom is 0.326 e. The Kier molecular flexibility index (Phi) is 3.22. The predicted molar refractivity (Wildman–Crippen MR) is 105 cm³/mol. The molecule has 0 bridgehead atoms. The third-order valence-electron chi connectivity index (χ3n) is 5.08. The first kappa shape index (κ1) is 15.0. The predicted octanol–water partition coefficient (Wildman–Crippen LogP) is 4.32. The van der Waals surface area contributed by atoms with Crippen molar-refractivity contribution in [2.75, 3.05) is 16.8 Å². The number of hydrogen-bond donors (Lipinski definition) is 1. The molecule has 2 aromatic heterocycles. The first-order chi connectivity index (χ1) is 12.7. The molecule has 0 aliphatic carbocycles. The van der Waals surface area contributed by atoms with Crippen LogP contribution in [0, 0.1) is 0 Å². The van der Waals surface area contributed by atoms with Crippen LogP contribution >= 0.6 is 0 Å². The summed E-state index contributed by atoms with van der Waals surface area (Å²) in [6, 6.07) is 16.0. The average Bonchev–Trinajstić information content (AvgIpc) is 3.23. The van der Waals surface area contributed by atoms with Crippen LogP contribution in [0.3, 0.4) is 0 Å². The van der Waals surface area contributed by atoms with Crippen molar-refractivity contribution in [1.82, 2.24) is 9.55 Å². The van der Waals surface area contributed by atoms with E-state index in [1.807, 2.05) is 48.5 Å². The second-order valence-corrected chi connectivity index (χ2v) is 6.71. The molecule has 2 aromatic carbocycles. The van der Waals surface area contributed by atoms with Crippen molar-refractivity contribution >= 4 is 39.2 Å². The molecule has 128 valence electrons. The van der Waals surface area contributed by atoms with Crippen molar-refractivity contribution in [1.29, 1.82) is 0 Å². The summed E-state index contributed by atoms with van der Waals surface area (Å²) in [6.07, 6.45) is 4.70. The molecule has 26 heavy (non-hydrogen) atoms. The van der Waals surface area contributed by atoms with E-state index in [-0.39, 0.29) is 6.03 Å². The van der Waals surface area contributed by atoms with E-state index in [4.69, 9.17) is 0 Å². The lowest BCUT2D eigenvalue weighted by molar-refractivity contribution is 0.257. The number of carbonyl (C=O) groups excluding carboxylic acids is 1. The zero-order valence-corrected chi connectivity index (χ0v) is 14.4. The fourth-order valence-electron chi connectivity index (χ4n) is 3.71. The van der Waals surface area contributed by atoms with Crippen LogP contribution in [0.25, 0.3) is 21.8 Å². The highest BCUT2D eigenvalue weighted by Crippen LogP contribution is 2.33. The van der Waals surface area contributed by atoms with Crippen LogP contribution in [-0.4, -0.2) is 22.1 Å². The highest BCUT2D eigenvalue weighted by atomic mass is 16.2. The molecule has 1 N–H and O–H groups in total. The first-order valence-corrected chi connectivity index (χ1v) is 8.70. The van der Waals surface area contributed by atoms with Crippen LogP contribution in [-0.2, 0) is 13.5 Å². The first-order valence-electron chi connectivity index (χ1n) is 8.70. The fraction of sp³-hybridized carbons (Fsp3) is 0.143. The highest BCUT2D eigenvalue weighted by molar-refractivity contribution is 6.05. The van der Waals surface area contributed by atoms with Gasteiger partial charge in [-0.25, -0.2) is 4.79 Å². The number of rotatable bonds is 1. The lowest BCUT2D eigenvalue weighted by atomic mass is 10.1. The van der Waals surface area contributed by atoms with Crippen LogP contribution in [0.2, 0.25) is 0 Å². The minimum absolute atomic E-state index is 0.0951. The summed E-state index contributed by atoms with van der Waals surface area (Å²) in [6.45, 7) is 0.701. The van der Waals surface area contributed by atoms with Crippen LogP contribution in [0.1, 0.15) is 5.56 Å². The van der Waals surface area contributed by atoms with Gasteiger partial charge in [-0.15, -0.1) is 0 Å². The Bertz CT molecular complexity index is 1160. The normalized spacial score (nSPS) is 13.3. The molecule has 0 spiro atoms. The van der Waals surface area contributed by atoms with Crippen molar-refractivity contribution in [3.8, 4) is 0 Å². The maximum absolute atomic E-state index is 12.8. The molecule has 2 amide bonds. The Labute approximate surface area is 150 Å². The molecule has 5 nitrogen and oxygen atoms in total. The van der Waals surface area contributed by atoms with Crippen molar-refractivity contribution in [3.63, 3.8) is 0 Å². The number of pyridine rings is 1. The van der Waals surface area contributed by atoms with Gasteiger partial charge >= 0.3 is 6.03 Å². The van der Waals surface area contributed by atoms with E-state index in [0.29, 0.717) is 6.54 Å². The number of nitrogens with one attached hydrogen (secondary N) is 1. The summed E-state index contributed by atoms with van der Waals surface area (Å²) < 4.78 is 2.11. The molecule has 0 fully saturated rings. The number of aryl methyl sites for hydroxylation is 1. The van der Waals surface area contributed by atoms with Crippen LogP contribution < -0.4 is 10.2 Å². The molecule has 5 rings (SSSR count). The van der Waals surface area contributed by atoms with Crippen molar-refractivity contribution < 1.29 is 4.79 Å². The monoisotopic (exact) mass is 342 g/mol. The highest BCUT2D eigenvalue weighted by Gasteiger charge is 2.25. The van der Waals surface area contributed by atoms with Crippen molar-refractivity contribution in [3.05, 3.63) is 66.5 Å². The molecule has 0 unspecified atom stereocenters.